The number of rotatable bonds is 7. The smallest absolute Gasteiger partial charge is 0.345 e. The van der Waals surface area contributed by atoms with E-state index < -0.39 is 16.0 Å². The third-order valence-electron chi connectivity index (χ3n) is 4.93. The maximum atomic E-state index is 12.7. The predicted molar refractivity (Wildman–Crippen MR) is 115 cm³/mol. The second-order valence-electron chi connectivity index (χ2n) is 6.76. The number of carbonyl (C=O) groups excluding carboxylic acids is 2. The number of amides is 1. The lowest BCUT2D eigenvalue weighted by molar-refractivity contribution is -0.117. The van der Waals surface area contributed by atoms with Gasteiger partial charge in [-0.05, 0) is 48.9 Å². The van der Waals surface area contributed by atoms with E-state index in [-0.39, 0.29) is 27.1 Å². The summed E-state index contributed by atoms with van der Waals surface area (Å²) in [5.41, 5.74) is 0.700. The zero-order chi connectivity index (χ0) is 21.9. The molecule has 1 aliphatic heterocycles. The number of ether oxygens (including phenoxy) is 1. The highest BCUT2D eigenvalue weighted by Gasteiger charge is 2.25. The number of sulfonamides is 1. The van der Waals surface area contributed by atoms with Gasteiger partial charge in [0.25, 0.3) is 0 Å². The van der Waals surface area contributed by atoms with Gasteiger partial charge in [0.15, 0.2) is 0 Å². The van der Waals surface area contributed by atoms with Gasteiger partial charge in [-0.2, -0.15) is 4.31 Å². The lowest BCUT2D eigenvalue weighted by atomic mass is 10.2. The molecule has 7 nitrogen and oxygen atoms in total. The van der Waals surface area contributed by atoms with Crippen molar-refractivity contribution < 1.29 is 22.7 Å². The van der Waals surface area contributed by atoms with Crippen molar-refractivity contribution in [3.8, 4) is 5.75 Å². The Bertz CT molecular complexity index is 1050. The molecule has 0 unspecified atom stereocenters. The minimum absolute atomic E-state index is 0.0227. The molecule has 0 atom stereocenters. The Morgan fingerprint density at radius 2 is 1.80 bits per heavy atom. The number of carbonyl (C=O) groups is 2. The second-order valence-corrected chi connectivity index (χ2v) is 9.11. The van der Waals surface area contributed by atoms with E-state index in [2.05, 4.69) is 0 Å². The van der Waals surface area contributed by atoms with E-state index in [1.54, 1.807) is 43.0 Å². The van der Waals surface area contributed by atoms with Crippen LogP contribution in [0.4, 0.5) is 5.69 Å². The highest BCUT2D eigenvalue weighted by Crippen LogP contribution is 2.27. The van der Waals surface area contributed by atoms with Crippen molar-refractivity contribution in [3.05, 3.63) is 53.1 Å². The van der Waals surface area contributed by atoms with Crippen molar-refractivity contribution in [2.45, 2.75) is 31.6 Å². The van der Waals surface area contributed by atoms with E-state index >= 15 is 0 Å². The molecule has 160 valence electrons. The summed E-state index contributed by atoms with van der Waals surface area (Å²) in [5.74, 6) is -0.428. The molecular formula is C21H23ClN2O5S. The van der Waals surface area contributed by atoms with Gasteiger partial charge in [-0.15, -0.1) is 0 Å². The Hall–Kier alpha value is -2.42. The Morgan fingerprint density at radius 3 is 2.37 bits per heavy atom. The van der Waals surface area contributed by atoms with E-state index in [1.807, 2.05) is 0 Å². The van der Waals surface area contributed by atoms with Gasteiger partial charge in [0, 0.05) is 31.7 Å². The molecule has 3 rings (SSSR count). The first-order chi connectivity index (χ1) is 14.3. The van der Waals surface area contributed by atoms with Gasteiger partial charge in [0.2, 0.25) is 15.9 Å². The third-order valence-corrected chi connectivity index (χ3v) is 7.31. The topological polar surface area (TPSA) is 84.0 Å². The van der Waals surface area contributed by atoms with Crippen molar-refractivity contribution in [2.75, 3.05) is 24.5 Å². The number of anilines is 1. The van der Waals surface area contributed by atoms with Crippen LogP contribution in [0.3, 0.4) is 0 Å². The van der Waals surface area contributed by atoms with Crippen LogP contribution in [0.5, 0.6) is 5.75 Å². The maximum Gasteiger partial charge on any atom is 0.345 e. The van der Waals surface area contributed by atoms with Gasteiger partial charge in [-0.1, -0.05) is 25.4 Å². The summed E-state index contributed by atoms with van der Waals surface area (Å²) in [6.07, 6.45) is 1.35. The Balaban J connectivity index is 1.81. The normalized spacial score (nSPS) is 14.4. The van der Waals surface area contributed by atoms with E-state index in [1.165, 1.54) is 22.5 Å². The van der Waals surface area contributed by atoms with E-state index in [0.29, 0.717) is 26.1 Å². The summed E-state index contributed by atoms with van der Waals surface area (Å²) in [6.45, 7) is 4.78. The summed E-state index contributed by atoms with van der Waals surface area (Å²) in [7, 11) is -3.74. The first-order valence-electron chi connectivity index (χ1n) is 9.70. The molecule has 0 spiro atoms. The third kappa shape index (κ3) is 4.50. The van der Waals surface area contributed by atoms with E-state index in [4.69, 9.17) is 16.3 Å². The van der Waals surface area contributed by atoms with Crippen LogP contribution in [-0.4, -0.2) is 44.2 Å². The largest absolute Gasteiger partial charge is 0.423 e. The average molecular weight is 451 g/mol. The van der Waals surface area contributed by atoms with Gasteiger partial charge in [-0.25, -0.2) is 13.2 Å². The first-order valence-corrected chi connectivity index (χ1v) is 11.5. The summed E-state index contributed by atoms with van der Waals surface area (Å²) in [6, 6.07) is 10.6. The van der Waals surface area contributed by atoms with E-state index in [0.717, 1.165) is 12.1 Å². The number of benzene rings is 2. The van der Waals surface area contributed by atoms with Gasteiger partial charge < -0.3 is 9.64 Å². The molecule has 0 bridgehead atoms. The molecule has 1 aliphatic rings. The van der Waals surface area contributed by atoms with Crippen molar-refractivity contribution in [3.63, 3.8) is 0 Å². The Labute approximate surface area is 181 Å². The number of hydrogen-bond donors (Lipinski definition) is 0. The molecule has 0 radical (unpaired) electrons. The molecule has 2 aromatic carbocycles. The molecule has 0 saturated carbocycles. The molecule has 0 aliphatic carbocycles. The summed E-state index contributed by atoms with van der Waals surface area (Å²) < 4.78 is 32.1. The minimum Gasteiger partial charge on any atom is -0.423 e. The van der Waals surface area contributed by atoms with Crippen LogP contribution in [0.15, 0.2) is 47.4 Å². The average Bonchev–Trinajstić information content (AvgIpc) is 3.15. The van der Waals surface area contributed by atoms with Crippen LogP contribution < -0.4 is 9.64 Å². The molecule has 1 amide bonds. The fourth-order valence-electron chi connectivity index (χ4n) is 3.31. The van der Waals surface area contributed by atoms with Crippen molar-refractivity contribution >= 4 is 39.2 Å². The molecule has 1 saturated heterocycles. The second kappa shape index (κ2) is 9.16. The number of esters is 1. The molecular weight excluding hydrogens is 428 g/mol. The Kier molecular flexibility index (Phi) is 6.80. The molecule has 0 aromatic heterocycles. The van der Waals surface area contributed by atoms with Crippen molar-refractivity contribution in [1.29, 1.82) is 0 Å². The molecule has 1 heterocycles. The lowest BCUT2D eigenvalue weighted by Gasteiger charge is -2.19. The molecule has 1 fully saturated rings. The predicted octanol–water partition coefficient (Wildman–Crippen LogP) is 3.72. The van der Waals surface area contributed by atoms with Crippen LogP contribution in [0.1, 0.15) is 37.0 Å². The van der Waals surface area contributed by atoms with Gasteiger partial charge in [0.05, 0.1) is 15.5 Å². The summed E-state index contributed by atoms with van der Waals surface area (Å²) in [4.78, 5) is 26.1. The van der Waals surface area contributed by atoms with Gasteiger partial charge >= 0.3 is 5.97 Å². The van der Waals surface area contributed by atoms with Crippen molar-refractivity contribution in [2.24, 2.45) is 0 Å². The van der Waals surface area contributed by atoms with Crippen molar-refractivity contribution in [1.82, 2.24) is 4.31 Å². The Morgan fingerprint density at radius 1 is 1.13 bits per heavy atom. The SMILES string of the molecule is CCN(CC)S(=O)(=O)c1ccc(Cl)c(C(=O)Oc2ccc(N3CCCC3=O)cc2)c1. The number of nitrogens with zero attached hydrogens (tertiary/aromatic N) is 2. The van der Waals surface area contributed by atoms with Crippen LogP contribution in [0.2, 0.25) is 5.02 Å². The summed E-state index contributed by atoms with van der Waals surface area (Å²) >= 11 is 6.13. The van der Waals surface area contributed by atoms with Crippen LogP contribution >= 0.6 is 11.6 Å². The monoisotopic (exact) mass is 450 g/mol. The molecule has 9 heteroatoms. The quantitative estimate of drug-likeness (QED) is 0.474. The number of hydrogen-bond acceptors (Lipinski definition) is 5. The molecule has 2 aromatic rings. The zero-order valence-corrected chi connectivity index (χ0v) is 18.4. The molecule has 30 heavy (non-hydrogen) atoms. The maximum absolute atomic E-state index is 12.7. The van der Waals surface area contributed by atoms with Gasteiger partial charge in [-0.3, -0.25) is 4.79 Å². The van der Waals surface area contributed by atoms with Crippen LogP contribution in [0.25, 0.3) is 0 Å². The number of halogens is 1. The highest BCUT2D eigenvalue weighted by atomic mass is 35.5. The fraction of sp³-hybridized carbons (Fsp3) is 0.333. The fourth-order valence-corrected chi connectivity index (χ4v) is 4.99. The van der Waals surface area contributed by atoms with Crippen LogP contribution in [-0.2, 0) is 14.8 Å². The minimum atomic E-state index is -3.74. The highest BCUT2D eigenvalue weighted by molar-refractivity contribution is 7.89. The first kappa shape index (κ1) is 22.3. The van der Waals surface area contributed by atoms with Gasteiger partial charge in [0.1, 0.15) is 5.75 Å². The zero-order valence-electron chi connectivity index (χ0n) is 16.8. The molecule has 0 N–H and O–H groups in total. The van der Waals surface area contributed by atoms with E-state index in [9.17, 15) is 18.0 Å². The van der Waals surface area contributed by atoms with Crippen LogP contribution in [0, 0.1) is 0 Å². The summed E-state index contributed by atoms with van der Waals surface area (Å²) in [5, 5.41) is 0.0952. The standard InChI is InChI=1S/C21H23ClN2O5S/c1-3-23(4-2)30(27,28)17-11-12-19(22)18(14-17)21(26)29-16-9-7-15(8-10-16)24-13-5-6-20(24)25/h7-12,14H,3-6,13H2,1-2H3. The lowest BCUT2D eigenvalue weighted by Crippen LogP contribution is -2.30.